The first-order chi connectivity index (χ1) is 20.3. The third kappa shape index (κ3) is 121. The Kier molecular flexibility index (Phi) is 87.1. The lowest BCUT2D eigenvalue weighted by molar-refractivity contribution is -0.193. The van der Waals surface area contributed by atoms with Crippen LogP contribution in [0.25, 0.3) is 0 Å². The molecular weight excluding hydrogens is 600 g/mol. The molecule has 0 heterocycles. The van der Waals surface area contributed by atoms with Crippen molar-refractivity contribution in [2.24, 2.45) is 11.8 Å². The summed E-state index contributed by atoms with van der Waals surface area (Å²) < 4.78 is 0. The highest BCUT2D eigenvalue weighted by Crippen LogP contribution is 2.00. The predicted octanol–water partition coefficient (Wildman–Crippen LogP) is 0.678. The maximum atomic E-state index is 10.5. The van der Waals surface area contributed by atoms with Gasteiger partial charge in [-0.1, -0.05) is 41.5 Å². The fourth-order valence-electron chi connectivity index (χ4n) is 0.644. The maximum absolute atomic E-state index is 10.5. The van der Waals surface area contributed by atoms with Crippen LogP contribution >= 0.6 is 0 Å². The molecule has 3 N–H and O–H groups in total. The summed E-state index contributed by atoms with van der Waals surface area (Å²) in [7, 11) is 0. The fourth-order valence-corrected chi connectivity index (χ4v) is 0.644. The first-order valence-corrected chi connectivity index (χ1v) is 11.8. The van der Waals surface area contributed by atoms with Crippen LogP contribution in [0.1, 0.15) is 81.1 Å². The lowest BCUT2D eigenvalue weighted by Crippen LogP contribution is -2.19. The third-order valence-corrected chi connectivity index (χ3v) is 3.17. The van der Waals surface area contributed by atoms with Gasteiger partial charge in [-0.3, -0.25) is 14.4 Å². The van der Waals surface area contributed by atoms with Gasteiger partial charge < -0.3 is 29.7 Å². The van der Waals surface area contributed by atoms with Crippen LogP contribution in [0.5, 0.6) is 0 Å². The number of rotatable bonds is 9. The highest BCUT2D eigenvalue weighted by atomic mass is 16.4. The largest absolute Gasteiger partial charge is 0.476 e. The van der Waals surface area contributed by atoms with Gasteiger partial charge in [-0.2, -0.15) is 28.8 Å². The zero-order valence-electron chi connectivity index (χ0n) is 25.7. The second-order valence-corrected chi connectivity index (χ2v) is 6.50. The smallest absolute Gasteiger partial charge is 0.373 e. The lowest BCUT2D eigenvalue weighted by atomic mass is 10.0. The number of carbonyl (C=O) groups is 9. The molecule has 0 radical (unpaired) electrons. The highest BCUT2D eigenvalue weighted by Gasteiger charge is 2.17. The quantitative estimate of drug-likeness (QED) is 0.230. The lowest BCUT2D eigenvalue weighted by Gasteiger charge is -1.99. The summed E-state index contributed by atoms with van der Waals surface area (Å²) in [6.07, 6.45) is 5.62. The maximum Gasteiger partial charge on any atom is 0.373 e. The molecule has 0 fully saturated rings. The Bertz CT molecular complexity index is 846. The number of Topliss-reactive ketones (excluding diaryl/α,β-unsaturated/α-hetero) is 3. The van der Waals surface area contributed by atoms with E-state index in [0.29, 0.717) is 12.8 Å². The van der Waals surface area contributed by atoms with E-state index in [2.05, 4.69) is 0 Å². The SMILES string of the molecule is CC(=O)C(=O)O.CC=O.CCC(=O)C(=O)O.CCC(C)C=O.CCC=O.CC[C@H](C)C(=O)C(=O)O.O=C=O.O=C=O.O=C=O. The van der Waals surface area contributed by atoms with Crippen molar-refractivity contribution in [2.75, 3.05) is 0 Å². The molecular formula is C26H40O18. The van der Waals surface area contributed by atoms with Gasteiger partial charge in [-0.05, 0) is 19.8 Å². The van der Waals surface area contributed by atoms with Gasteiger partial charge in [0.05, 0.1) is 0 Å². The van der Waals surface area contributed by atoms with Gasteiger partial charge in [0, 0.05) is 31.6 Å². The van der Waals surface area contributed by atoms with Gasteiger partial charge in [0.15, 0.2) is 0 Å². The van der Waals surface area contributed by atoms with Crippen LogP contribution in [0.3, 0.4) is 0 Å². The molecule has 0 bridgehead atoms. The number of aliphatic carboxylic acids is 3. The monoisotopic (exact) mass is 640 g/mol. The van der Waals surface area contributed by atoms with Crippen molar-refractivity contribution in [1.82, 2.24) is 0 Å². The van der Waals surface area contributed by atoms with Crippen LogP contribution < -0.4 is 0 Å². The fraction of sp³-hybridized carbons (Fsp3) is 0.538. The van der Waals surface area contributed by atoms with Crippen molar-refractivity contribution < 1.29 is 87.2 Å². The van der Waals surface area contributed by atoms with Crippen LogP contribution in [0.2, 0.25) is 0 Å². The standard InChI is InChI=1S/C6H10O3.C5H10O.C4H6O3.C3H4O3.C3H6O.C2H4O.3CO2/c1-3-4(2)5(7)6(8)9;1-3-5(2)4-6;1-2-3(5)4(6)7;1-2(4)3(5)6;1-2-3-4;1-2-3;3*2-1-3/h4H,3H2,1-2H3,(H,8,9);4-5H,3H2,1-2H3;2H2,1H3,(H,6,7);1H3,(H,5,6);3H,2H2,1H3;2H,1H3;;;/t4-;;;;;;;;/m0......../s1. The Morgan fingerprint density at radius 2 is 0.932 bits per heavy atom. The Balaban J connectivity index is -0.0000000462. The van der Waals surface area contributed by atoms with Crippen LogP contribution in [0.4, 0.5) is 0 Å². The number of carboxylic acid groups (broad SMARTS) is 3. The van der Waals surface area contributed by atoms with E-state index in [1.807, 2.05) is 20.8 Å². The van der Waals surface area contributed by atoms with Crippen molar-refractivity contribution in [3.63, 3.8) is 0 Å². The third-order valence-electron chi connectivity index (χ3n) is 3.17. The van der Waals surface area contributed by atoms with E-state index in [-0.39, 0.29) is 36.7 Å². The van der Waals surface area contributed by atoms with Crippen LogP contribution in [0, 0.1) is 11.8 Å². The molecule has 0 aliphatic carbocycles. The van der Waals surface area contributed by atoms with Crippen molar-refractivity contribution in [3.8, 4) is 0 Å². The van der Waals surface area contributed by atoms with E-state index in [0.717, 1.165) is 32.2 Å². The zero-order valence-corrected chi connectivity index (χ0v) is 25.7. The number of ketones is 3. The van der Waals surface area contributed by atoms with Crippen molar-refractivity contribution in [3.05, 3.63) is 0 Å². The number of hydrogen-bond acceptors (Lipinski definition) is 15. The number of aldehydes is 3. The van der Waals surface area contributed by atoms with Crippen LogP contribution in [-0.2, 0) is 71.9 Å². The normalized spacial score (nSPS) is 8.18. The van der Waals surface area contributed by atoms with Gasteiger partial charge >= 0.3 is 36.4 Å². The average Bonchev–Trinajstić information content (AvgIpc) is 2.97. The van der Waals surface area contributed by atoms with E-state index in [1.54, 1.807) is 13.8 Å². The minimum atomic E-state index is -1.38. The molecule has 0 amide bonds. The summed E-state index contributed by atoms with van der Waals surface area (Å²) in [5.74, 6) is -6.40. The van der Waals surface area contributed by atoms with Crippen molar-refractivity contribution >= 4 is 72.6 Å². The van der Waals surface area contributed by atoms with Gasteiger partial charge in [0.25, 0.3) is 0 Å². The molecule has 0 saturated heterocycles. The predicted molar refractivity (Wildman–Crippen MR) is 142 cm³/mol. The van der Waals surface area contributed by atoms with E-state index < -0.39 is 35.3 Å². The van der Waals surface area contributed by atoms with E-state index >= 15 is 0 Å². The van der Waals surface area contributed by atoms with Crippen LogP contribution in [-0.4, -0.2) is 87.9 Å². The highest BCUT2D eigenvalue weighted by molar-refractivity contribution is 6.33. The van der Waals surface area contributed by atoms with E-state index in [4.69, 9.17) is 48.9 Å². The molecule has 2 atom stereocenters. The summed E-state index contributed by atoms with van der Waals surface area (Å²) in [5, 5.41) is 23.6. The second kappa shape index (κ2) is 61.6. The van der Waals surface area contributed by atoms with Gasteiger partial charge in [0.2, 0.25) is 17.3 Å². The molecule has 0 aromatic heterocycles. The molecule has 0 aromatic carbocycles. The number of hydrogen-bond donors (Lipinski definition) is 3. The first-order valence-electron chi connectivity index (χ1n) is 11.8. The minimum Gasteiger partial charge on any atom is -0.476 e. The molecule has 252 valence electrons. The summed E-state index contributed by atoms with van der Waals surface area (Å²) in [6.45, 7) is 13.1. The van der Waals surface area contributed by atoms with Gasteiger partial charge in [-0.25, -0.2) is 14.4 Å². The number of carboxylic acids is 3. The Morgan fingerprint density at radius 3 is 0.955 bits per heavy atom. The molecule has 18 heteroatoms. The Morgan fingerprint density at radius 1 is 0.659 bits per heavy atom. The summed E-state index contributed by atoms with van der Waals surface area (Å²) >= 11 is 0. The molecule has 0 aliphatic rings. The molecule has 44 heavy (non-hydrogen) atoms. The molecule has 1 unspecified atom stereocenters. The van der Waals surface area contributed by atoms with Crippen molar-refractivity contribution in [2.45, 2.75) is 81.1 Å². The summed E-state index contributed by atoms with van der Waals surface area (Å²) in [4.78, 5) is 135. The average molecular weight is 641 g/mol. The molecule has 18 nitrogen and oxygen atoms in total. The topological polar surface area (TPSA) is 317 Å². The van der Waals surface area contributed by atoms with Gasteiger partial charge in [0.1, 0.15) is 18.9 Å². The molecule has 0 rings (SSSR count). The molecule has 0 spiro atoms. The second-order valence-electron chi connectivity index (χ2n) is 6.50. The van der Waals surface area contributed by atoms with E-state index in [1.165, 1.54) is 13.8 Å². The zero-order chi connectivity index (χ0) is 37.7. The minimum absolute atomic E-state index is 0.0787. The van der Waals surface area contributed by atoms with Crippen molar-refractivity contribution in [1.29, 1.82) is 0 Å². The Hall–Kier alpha value is -5.43. The first kappa shape index (κ1) is 62.3. The Labute approximate surface area is 253 Å². The van der Waals surface area contributed by atoms with Crippen LogP contribution in [0.15, 0.2) is 0 Å². The molecule has 0 saturated carbocycles. The van der Waals surface area contributed by atoms with Gasteiger partial charge in [-0.15, -0.1) is 0 Å². The molecule has 0 aliphatic heterocycles. The molecule has 0 aromatic rings. The van der Waals surface area contributed by atoms with E-state index in [9.17, 15) is 38.4 Å². The summed E-state index contributed by atoms with van der Waals surface area (Å²) in [6, 6.07) is 0. The summed E-state index contributed by atoms with van der Waals surface area (Å²) in [5.41, 5.74) is 0. The number of carbonyl (C=O) groups excluding carboxylic acids is 12.